The second-order valence-corrected chi connectivity index (χ2v) is 11.6. The number of aliphatic hydroxyl groups excluding tert-OH is 2. The van der Waals surface area contributed by atoms with Gasteiger partial charge in [-0.15, -0.1) is 5.92 Å². The topological polar surface area (TPSA) is 165 Å². The standard InChI is InChI=1S/C36H55NO9.K/c1-4-6-8-11-14-17-29(39)18-15-12-9-10-13-16-19-31(36(44,24-25-38)35(42)43)33(40)37-32(34(41)45-3)27-28-20-22-30(23-21-28)46-26-7-5-2;/h16,19-23,29,31-32,38-39,44H,4,6,8-15,17-18,24-27H2,1-3H3,(H,37,40)(H,42,43);/q;+1/p-1/b19-16+;/t29?,31-,32+,36+;/m1./s1. The number of aliphatic hydroxyl groups is 3. The van der Waals surface area contributed by atoms with E-state index in [-0.39, 0.29) is 70.5 Å². The molecule has 0 bridgehead atoms. The van der Waals surface area contributed by atoms with E-state index >= 15 is 0 Å². The maximum atomic E-state index is 13.4. The molecule has 0 radical (unpaired) electrons. The Hall–Kier alpha value is -1.75. The minimum atomic E-state index is -2.71. The molecule has 0 fully saturated rings. The van der Waals surface area contributed by atoms with Crippen LogP contribution in [0, 0.1) is 17.8 Å². The molecule has 0 spiro atoms. The Balaban J connectivity index is 0.0000212. The Labute approximate surface area is 323 Å². The molecule has 10 nitrogen and oxygen atoms in total. The van der Waals surface area contributed by atoms with Crippen LogP contribution in [0.15, 0.2) is 36.4 Å². The van der Waals surface area contributed by atoms with Crippen molar-refractivity contribution in [3.63, 3.8) is 0 Å². The number of hydrogen-bond donors (Lipinski definition) is 4. The van der Waals surface area contributed by atoms with Gasteiger partial charge in [0.25, 0.3) is 0 Å². The Bertz CT molecular complexity index is 1120. The van der Waals surface area contributed by atoms with Crippen LogP contribution in [0.4, 0.5) is 0 Å². The molecule has 11 heteroatoms. The summed E-state index contributed by atoms with van der Waals surface area (Å²) in [6, 6.07) is 5.64. The van der Waals surface area contributed by atoms with Crippen molar-refractivity contribution in [2.45, 2.75) is 121 Å². The summed E-state index contributed by atoms with van der Waals surface area (Å²) >= 11 is 0. The zero-order valence-electron chi connectivity index (χ0n) is 28.8. The minimum Gasteiger partial charge on any atom is -0.547 e. The van der Waals surface area contributed by atoms with Crippen molar-refractivity contribution in [1.29, 1.82) is 0 Å². The van der Waals surface area contributed by atoms with Gasteiger partial charge in [-0.3, -0.25) is 4.79 Å². The van der Waals surface area contributed by atoms with E-state index in [0.29, 0.717) is 17.7 Å². The number of benzene rings is 1. The molecule has 4 atom stereocenters. The molecule has 0 aliphatic heterocycles. The van der Waals surface area contributed by atoms with E-state index in [9.17, 15) is 34.8 Å². The molecule has 258 valence electrons. The van der Waals surface area contributed by atoms with E-state index in [2.05, 4.69) is 24.1 Å². The third-order valence-corrected chi connectivity index (χ3v) is 7.92. The van der Waals surface area contributed by atoms with Crippen LogP contribution >= 0.6 is 0 Å². The van der Waals surface area contributed by atoms with Crippen LogP contribution in [0.1, 0.15) is 103 Å². The first-order valence-electron chi connectivity index (χ1n) is 16.5. The van der Waals surface area contributed by atoms with Crippen molar-refractivity contribution in [3.05, 3.63) is 42.0 Å². The summed E-state index contributed by atoms with van der Waals surface area (Å²) < 4.78 is 10.4. The first-order valence-corrected chi connectivity index (χ1v) is 16.5. The average molecular weight is 684 g/mol. The number of methoxy groups -OCH3 is 1. The first-order chi connectivity index (χ1) is 22.1. The Kier molecular flexibility index (Phi) is 26.1. The molecule has 0 aliphatic rings. The molecule has 1 amide bonds. The molecular formula is C36H54KNO9. The average Bonchev–Trinajstić information content (AvgIpc) is 3.04. The van der Waals surface area contributed by atoms with Crippen molar-refractivity contribution in [1.82, 2.24) is 5.32 Å². The van der Waals surface area contributed by atoms with Gasteiger partial charge in [-0.05, 0) is 50.3 Å². The molecule has 0 saturated heterocycles. The number of carboxylic acid groups (broad SMARTS) is 1. The number of carbonyl (C=O) groups excluding carboxylic acids is 3. The van der Waals surface area contributed by atoms with Gasteiger partial charge in [0, 0.05) is 19.4 Å². The van der Waals surface area contributed by atoms with Gasteiger partial charge in [0.05, 0.1) is 25.1 Å². The number of esters is 1. The zero-order chi connectivity index (χ0) is 34.2. The molecule has 0 aromatic heterocycles. The molecule has 47 heavy (non-hydrogen) atoms. The normalized spacial score (nSPS) is 14.1. The van der Waals surface area contributed by atoms with Crippen molar-refractivity contribution in [2.24, 2.45) is 5.92 Å². The number of carbonyl (C=O) groups is 3. The Morgan fingerprint density at radius 1 is 1.02 bits per heavy atom. The van der Waals surface area contributed by atoms with Crippen molar-refractivity contribution in [3.8, 4) is 17.6 Å². The summed E-state index contributed by atoms with van der Waals surface area (Å²) in [5, 5.41) is 45.2. The van der Waals surface area contributed by atoms with Crippen LogP contribution < -0.4 is 66.5 Å². The van der Waals surface area contributed by atoms with Crippen LogP contribution in [0.3, 0.4) is 0 Å². The fraction of sp³-hybridized carbons (Fsp3) is 0.639. The zero-order valence-corrected chi connectivity index (χ0v) is 31.9. The van der Waals surface area contributed by atoms with Gasteiger partial charge in [-0.2, -0.15) is 0 Å². The third-order valence-electron chi connectivity index (χ3n) is 7.92. The van der Waals surface area contributed by atoms with Gasteiger partial charge >= 0.3 is 57.4 Å². The summed E-state index contributed by atoms with van der Waals surface area (Å²) in [7, 11) is 1.17. The maximum Gasteiger partial charge on any atom is 1.00 e. The van der Waals surface area contributed by atoms with Crippen LogP contribution in [0.25, 0.3) is 0 Å². The molecule has 0 heterocycles. The van der Waals surface area contributed by atoms with Gasteiger partial charge in [-0.1, -0.05) is 88.5 Å². The molecule has 4 N–H and O–H groups in total. The number of aliphatic carboxylic acids is 1. The number of carboxylic acids is 1. The van der Waals surface area contributed by atoms with Gasteiger partial charge in [0.2, 0.25) is 5.91 Å². The van der Waals surface area contributed by atoms with E-state index in [0.717, 1.165) is 51.4 Å². The third kappa shape index (κ3) is 18.5. The minimum absolute atomic E-state index is 0. The number of nitrogens with one attached hydrogen (secondary N) is 1. The summed E-state index contributed by atoms with van der Waals surface area (Å²) in [6.45, 7) is 3.41. The summed E-state index contributed by atoms with van der Waals surface area (Å²) in [4.78, 5) is 38.0. The smallest absolute Gasteiger partial charge is 0.547 e. The van der Waals surface area contributed by atoms with Gasteiger partial charge in [0.1, 0.15) is 24.0 Å². The monoisotopic (exact) mass is 683 g/mol. The van der Waals surface area contributed by atoms with Gasteiger partial charge in [-0.25, -0.2) is 4.79 Å². The second kappa shape index (κ2) is 27.1. The van der Waals surface area contributed by atoms with Crippen molar-refractivity contribution < 1.29 is 95.7 Å². The quantitative estimate of drug-likeness (QED) is 0.0375. The van der Waals surface area contributed by atoms with E-state index in [1.54, 1.807) is 37.3 Å². The number of allylic oxidation sites excluding steroid dienone is 1. The summed E-state index contributed by atoms with van der Waals surface area (Å²) in [5.74, 6) is 0.875. The molecule has 1 aromatic carbocycles. The number of hydrogen-bond acceptors (Lipinski definition) is 9. The van der Waals surface area contributed by atoms with Crippen LogP contribution in [0.2, 0.25) is 0 Å². The molecule has 0 aliphatic carbocycles. The van der Waals surface area contributed by atoms with E-state index in [4.69, 9.17) is 9.47 Å². The number of ether oxygens (including phenoxy) is 2. The molecule has 1 aromatic rings. The summed E-state index contributed by atoms with van der Waals surface area (Å²) in [5.41, 5.74) is -2.04. The van der Waals surface area contributed by atoms with Crippen LogP contribution in [0.5, 0.6) is 5.75 Å². The van der Waals surface area contributed by atoms with Gasteiger partial charge < -0.3 is 40.0 Å². The van der Waals surface area contributed by atoms with E-state index in [1.165, 1.54) is 32.4 Å². The van der Waals surface area contributed by atoms with Crippen molar-refractivity contribution in [2.75, 3.05) is 20.3 Å². The number of unbranched alkanes of at least 4 members (excludes halogenated alkanes) is 8. The van der Waals surface area contributed by atoms with Crippen LogP contribution in [-0.2, 0) is 25.5 Å². The van der Waals surface area contributed by atoms with Crippen LogP contribution in [-0.4, -0.2) is 71.2 Å². The van der Waals surface area contributed by atoms with E-state index in [1.807, 2.05) is 0 Å². The molecule has 1 unspecified atom stereocenters. The number of rotatable bonds is 25. The molecular weight excluding hydrogens is 629 g/mol. The van der Waals surface area contributed by atoms with Gasteiger partial charge in [0.15, 0.2) is 0 Å². The fourth-order valence-corrected chi connectivity index (χ4v) is 5.12. The molecule has 1 rings (SSSR count). The largest absolute Gasteiger partial charge is 1.00 e. The number of amides is 1. The summed E-state index contributed by atoms with van der Waals surface area (Å²) in [6.07, 6.45) is 13.5. The SMILES string of the molecule is CC#CCOc1ccc(C[C@H](NC(=O)[C@@H](/C=C/CCCCCCC(O)CCCCCCC)[C@@](O)(CCO)C(=O)[O-])C(=O)OC)cc1.[K+]. The Morgan fingerprint density at radius 3 is 2.19 bits per heavy atom. The second-order valence-electron chi connectivity index (χ2n) is 11.6. The molecule has 0 saturated carbocycles. The predicted molar refractivity (Wildman–Crippen MR) is 174 cm³/mol. The van der Waals surface area contributed by atoms with E-state index < -0.39 is 48.4 Å². The van der Waals surface area contributed by atoms with Crippen molar-refractivity contribution >= 4 is 17.8 Å². The Morgan fingerprint density at radius 2 is 1.64 bits per heavy atom. The fourth-order valence-electron chi connectivity index (χ4n) is 5.12. The predicted octanol–water partition coefficient (Wildman–Crippen LogP) is 0.391. The maximum absolute atomic E-state index is 13.4. The first kappa shape index (κ1) is 45.2.